The number of hydrogen-bond acceptors (Lipinski definition) is 3. The maximum atomic E-state index is 12.0. The summed E-state index contributed by atoms with van der Waals surface area (Å²) in [6.45, 7) is 3.88. The monoisotopic (exact) mass is 270 g/mol. The van der Waals surface area contributed by atoms with Crippen LogP contribution >= 0.6 is 11.6 Å². The first-order valence-electron chi connectivity index (χ1n) is 6.18. The van der Waals surface area contributed by atoms with E-state index in [0.717, 1.165) is 18.5 Å². The van der Waals surface area contributed by atoms with Gasteiger partial charge in [-0.25, -0.2) is 4.98 Å². The maximum absolute atomic E-state index is 12.0. The highest BCUT2D eigenvalue weighted by molar-refractivity contribution is 6.29. The molecule has 0 aliphatic carbocycles. The van der Waals surface area contributed by atoms with Gasteiger partial charge in [-0.3, -0.25) is 4.79 Å². The van der Waals surface area contributed by atoms with Crippen LogP contribution in [0, 0.1) is 0 Å². The second-order valence-electron chi connectivity index (χ2n) is 4.18. The molecule has 0 aromatic carbocycles. The predicted octanol–water partition coefficient (Wildman–Crippen LogP) is 2.19. The summed E-state index contributed by atoms with van der Waals surface area (Å²) in [5.41, 5.74) is 1.30. The molecule has 0 aliphatic heterocycles. The Balaban J connectivity index is 2.84. The number of pyridine rings is 1. The van der Waals surface area contributed by atoms with Crippen molar-refractivity contribution in [1.29, 1.82) is 0 Å². The largest absolute Gasteiger partial charge is 0.394 e. The Labute approximate surface area is 112 Å². The highest BCUT2D eigenvalue weighted by Crippen LogP contribution is 2.12. The summed E-state index contributed by atoms with van der Waals surface area (Å²) in [7, 11) is 0. The third-order valence-corrected chi connectivity index (χ3v) is 2.86. The zero-order valence-corrected chi connectivity index (χ0v) is 11.5. The minimum atomic E-state index is -0.224. The summed E-state index contributed by atoms with van der Waals surface area (Å²) in [6, 6.07) is 3.06. The summed E-state index contributed by atoms with van der Waals surface area (Å²) >= 11 is 5.89. The lowest BCUT2D eigenvalue weighted by Gasteiger charge is -2.14. The van der Waals surface area contributed by atoms with E-state index in [-0.39, 0.29) is 18.6 Å². The normalized spacial score (nSPS) is 12.2. The van der Waals surface area contributed by atoms with Crippen LogP contribution in [0.5, 0.6) is 0 Å². The number of aromatic nitrogens is 1. The fraction of sp³-hybridized carbons (Fsp3) is 0.538. The van der Waals surface area contributed by atoms with Crippen molar-refractivity contribution in [3.8, 4) is 0 Å². The molecule has 5 heteroatoms. The summed E-state index contributed by atoms with van der Waals surface area (Å²) in [5, 5.41) is 12.1. The van der Waals surface area contributed by atoms with Gasteiger partial charge in [-0.1, -0.05) is 31.9 Å². The predicted molar refractivity (Wildman–Crippen MR) is 71.9 cm³/mol. The summed E-state index contributed by atoms with van der Waals surface area (Å²) < 4.78 is 0. The standard InChI is InChI=1S/C13H19ClN2O2/c1-3-5-11-6-9(7-12(14)15-11)13(18)16-10(4-2)8-17/h6-7,10,17H,3-5,8H2,1-2H3,(H,16,18). The lowest BCUT2D eigenvalue weighted by Crippen LogP contribution is -2.37. The van der Waals surface area contributed by atoms with Gasteiger partial charge < -0.3 is 10.4 Å². The van der Waals surface area contributed by atoms with Crippen LogP contribution in [0.1, 0.15) is 42.7 Å². The van der Waals surface area contributed by atoms with Crippen molar-refractivity contribution < 1.29 is 9.90 Å². The van der Waals surface area contributed by atoms with Crippen LogP contribution in [0.15, 0.2) is 12.1 Å². The van der Waals surface area contributed by atoms with Gasteiger partial charge in [-0.15, -0.1) is 0 Å². The van der Waals surface area contributed by atoms with Crippen molar-refractivity contribution in [1.82, 2.24) is 10.3 Å². The number of rotatable bonds is 6. The Kier molecular flexibility index (Phi) is 6.09. The number of aliphatic hydroxyl groups excluding tert-OH is 1. The van der Waals surface area contributed by atoms with Crippen LogP contribution in [0.2, 0.25) is 5.15 Å². The molecule has 100 valence electrons. The zero-order chi connectivity index (χ0) is 13.5. The second-order valence-corrected chi connectivity index (χ2v) is 4.57. The molecule has 1 amide bonds. The lowest BCUT2D eigenvalue weighted by molar-refractivity contribution is 0.0914. The number of aliphatic hydroxyl groups is 1. The van der Waals surface area contributed by atoms with Crippen molar-refractivity contribution in [3.05, 3.63) is 28.5 Å². The Morgan fingerprint density at radius 2 is 2.22 bits per heavy atom. The Bertz CT molecular complexity index is 406. The molecule has 1 aromatic heterocycles. The van der Waals surface area contributed by atoms with Crippen molar-refractivity contribution in [2.45, 2.75) is 39.2 Å². The number of nitrogens with one attached hydrogen (secondary N) is 1. The molecule has 18 heavy (non-hydrogen) atoms. The van der Waals surface area contributed by atoms with E-state index in [9.17, 15) is 4.79 Å². The quantitative estimate of drug-likeness (QED) is 0.779. The summed E-state index contributed by atoms with van der Waals surface area (Å²) in [5.74, 6) is -0.224. The van der Waals surface area contributed by atoms with Crippen molar-refractivity contribution in [2.24, 2.45) is 0 Å². The highest BCUT2D eigenvalue weighted by Gasteiger charge is 2.13. The van der Waals surface area contributed by atoms with E-state index in [1.165, 1.54) is 0 Å². The van der Waals surface area contributed by atoms with Gasteiger partial charge in [0.1, 0.15) is 5.15 Å². The van der Waals surface area contributed by atoms with Crippen LogP contribution in [-0.2, 0) is 6.42 Å². The van der Waals surface area contributed by atoms with Crippen LogP contribution in [-0.4, -0.2) is 28.6 Å². The molecule has 0 saturated carbocycles. The van der Waals surface area contributed by atoms with Crippen LogP contribution in [0.4, 0.5) is 0 Å². The van der Waals surface area contributed by atoms with Crippen molar-refractivity contribution in [2.75, 3.05) is 6.61 Å². The van der Waals surface area contributed by atoms with Gasteiger partial charge in [0, 0.05) is 11.3 Å². The topological polar surface area (TPSA) is 62.2 Å². The number of nitrogens with zero attached hydrogens (tertiary/aromatic N) is 1. The maximum Gasteiger partial charge on any atom is 0.251 e. The minimum absolute atomic E-state index is 0.0666. The van der Waals surface area contributed by atoms with Crippen LogP contribution < -0.4 is 5.32 Å². The molecule has 0 aliphatic rings. The first-order valence-corrected chi connectivity index (χ1v) is 6.56. The lowest BCUT2D eigenvalue weighted by atomic mass is 10.1. The third kappa shape index (κ3) is 4.27. The number of hydrogen-bond donors (Lipinski definition) is 2. The molecule has 1 atom stereocenters. The molecule has 0 spiro atoms. The molecule has 0 radical (unpaired) electrons. The molecule has 1 aromatic rings. The highest BCUT2D eigenvalue weighted by atomic mass is 35.5. The van der Waals surface area contributed by atoms with E-state index in [1.54, 1.807) is 12.1 Å². The van der Waals surface area contributed by atoms with Crippen LogP contribution in [0.25, 0.3) is 0 Å². The molecule has 0 bridgehead atoms. The van der Waals surface area contributed by atoms with E-state index < -0.39 is 0 Å². The molecule has 1 heterocycles. The zero-order valence-electron chi connectivity index (χ0n) is 10.7. The molecule has 1 unspecified atom stereocenters. The molecule has 2 N–H and O–H groups in total. The van der Waals surface area contributed by atoms with Crippen LogP contribution in [0.3, 0.4) is 0 Å². The van der Waals surface area contributed by atoms with Crippen molar-refractivity contribution in [3.63, 3.8) is 0 Å². The number of amides is 1. The van der Waals surface area contributed by atoms with E-state index in [4.69, 9.17) is 16.7 Å². The average Bonchev–Trinajstić information content (AvgIpc) is 2.35. The molecule has 1 rings (SSSR count). The smallest absolute Gasteiger partial charge is 0.251 e. The number of carbonyl (C=O) groups is 1. The van der Waals surface area contributed by atoms with E-state index in [2.05, 4.69) is 10.3 Å². The fourth-order valence-corrected chi connectivity index (χ4v) is 1.84. The third-order valence-electron chi connectivity index (χ3n) is 2.66. The molecule has 0 saturated heterocycles. The van der Waals surface area contributed by atoms with Gasteiger partial charge in [-0.2, -0.15) is 0 Å². The molecular weight excluding hydrogens is 252 g/mol. The van der Waals surface area contributed by atoms with Gasteiger partial charge in [0.25, 0.3) is 5.91 Å². The van der Waals surface area contributed by atoms with Crippen molar-refractivity contribution >= 4 is 17.5 Å². The number of carbonyl (C=O) groups excluding carboxylic acids is 1. The molecular formula is C13H19ClN2O2. The van der Waals surface area contributed by atoms with Gasteiger partial charge in [0.15, 0.2) is 0 Å². The first kappa shape index (κ1) is 14.9. The minimum Gasteiger partial charge on any atom is -0.394 e. The Morgan fingerprint density at radius 1 is 1.50 bits per heavy atom. The van der Waals surface area contributed by atoms with E-state index in [0.29, 0.717) is 17.1 Å². The molecule has 4 nitrogen and oxygen atoms in total. The second kappa shape index (κ2) is 7.34. The molecule has 0 fully saturated rings. The average molecular weight is 271 g/mol. The van der Waals surface area contributed by atoms with Gasteiger partial charge in [0.05, 0.1) is 12.6 Å². The van der Waals surface area contributed by atoms with Gasteiger partial charge >= 0.3 is 0 Å². The van der Waals surface area contributed by atoms with E-state index >= 15 is 0 Å². The van der Waals surface area contributed by atoms with Gasteiger partial charge in [0.2, 0.25) is 0 Å². The first-order chi connectivity index (χ1) is 8.60. The Hall–Kier alpha value is -1.13. The fourth-order valence-electron chi connectivity index (χ4n) is 1.61. The van der Waals surface area contributed by atoms with Gasteiger partial charge in [-0.05, 0) is 25.0 Å². The van der Waals surface area contributed by atoms with E-state index in [1.807, 2.05) is 13.8 Å². The Morgan fingerprint density at radius 3 is 2.78 bits per heavy atom. The number of halogens is 1. The summed E-state index contributed by atoms with van der Waals surface area (Å²) in [4.78, 5) is 16.1. The summed E-state index contributed by atoms with van der Waals surface area (Å²) in [6.07, 6.45) is 2.42. The number of aryl methyl sites for hydroxylation is 1. The SMILES string of the molecule is CCCc1cc(C(=O)NC(CC)CO)cc(Cl)n1.